The fourth-order valence-corrected chi connectivity index (χ4v) is 1.28. The van der Waals surface area contributed by atoms with Crippen LogP contribution < -0.4 is 4.90 Å². The molecule has 1 aromatic rings. The van der Waals surface area contributed by atoms with E-state index in [1.807, 2.05) is 13.1 Å². The SMILES string of the molecule is Cc1ccc(F)c(N(C#N)CCCO)c1. The zero-order chi connectivity index (χ0) is 11.3. The number of halogens is 1. The summed E-state index contributed by atoms with van der Waals surface area (Å²) in [6.45, 7) is 2.16. The summed E-state index contributed by atoms with van der Waals surface area (Å²) in [5, 5.41) is 17.5. The lowest BCUT2D eigenvalue weighted by molar-refractivity contribution is 0.290. The summed E-state index contributed by atoms with van der Waals surface area (Å²) in [4.78, 5) is 1.25. The van der Waals surface area contributed by atoms with Crippen LogP contribution >= 0.6 is 0 Å². The number of aliphatic hydroxyl groups excluding tert-OH is 1. The molecule has 1 aromatic carbocycles. The molecule has 0 saturated carbocycles. The molecule has 3 nitrogen and oxygen atoms in total. The first-order valence-electron chi connectivity index (χ1n) is 4.73. The van der Waals surface area contributed by atoms with Gasteiger partial charge in [-0.1, -0.05) is 6.07 Å². The molecule has 0 atom stereocenters. The summed E-state index contributed by atoms with van der Waals surface area (Å²) in [7, 11) is 0. The van der Waals surface area contributed by atoms with Crippen LogP contribution in [0.1, 0.15) is 12.0 Å². The third kappa shape index (κ3) is 2.93. The minimum atomic E-state index is -0.417. The number of hydrogen-bond donors (Lipinski definition) is 1. The molecule has 0 radical (unpaired) electrons. The van der Waals surface area contributed by atoms with E-state index in [1.54, 1.807) is 12.1 Å². The van der Waals surface area contributed by atoms with Crippen LogP contribution in [-0.4, -0.2) is 18.3 Å². The number of benzene rings is 1. The van der Waals surface area contributed by atoms with E-state index in [0.29, 0.717) is 13.0 Å². The molecule has 0 aliphatic carbocycles. The van der Waals surface area contributed by atoms with Crippen molar-refractivity contribution in [2.45, 2.75) is 13.3 Å². The lowest BCUT2D eigenvalue weighted by Gasteiger charge is -2.16. The number of nitriles is 1. The summed E-state index contributed by atoms with van der Waals surface area (Å²) in [5.41, 5.74) is 1.17. The van der Waals surface area contributed by atoms with Crippen LogP contribution in [0.25, 0.3) is 0 Å². The molecule has 1 rings (SSSR count). The molecule has 0 unspecified atom stereocenters. The van der Waals surface area contributed by atoms with Crippen LogP contribution in [0.2, 0.25) is 0 Å². The first-order valence-corrected chi connectivity index (χ1v) is 4.73. The highest BCUT2D eigenvalue weighted by atomic mass is 19.1. The predicted molar refractivity (Wildman–Crippen MR) is 55.8 cm³/mol. The van der Waals surface area contributed by atoms with Crippen LogP contribution in [0.5, 0.6) is 0 Å². The minimum Gasteiger partial charge on any atom is -0.396 e. The molecular weight excluding hydrogens is 195 g/mol. The number of aliphatic hydroxyl groups is 1. The molecule has 0 fully saturated rings. The van der Waals surface area contributed by atoms with Crippen molar-refractivity contribution in [1.82, 2.24) is 0 Å². The van der Waals surface area contributed by atoms with Crippen LogP contribution in [-0.2, 0) is 0 Å². The van der Waals surface area contributed by atoms with E-state index in [1.165, 1.54) is 11.0 Å². The van der Waals surface area contributed by atoms with Crippen molar-refractivity contribution in [1.29, 1.82) is 5.26 Å². The summed E-state index contributed by atoms with van der Waals surface area (Å²) in [5.74, 6) is -0.417. The van der Waals surface area contributed by atoms with Crippen molar-refractivity contribution in [3.63, 3.8) is 0 Å². The first-order chi connectivity index (χ1) is 7.19. The Hall–Kier alpha value is -1.60. The Balaban J connectivity index is 2.91. The smallest absolute Gasteiger partial charge is 0.184 e. The summed E-state index contributed by atoms with van der Waals surface area (Å²) >= 11 is 0. The maximum atomic E-state index is 13.4. The van der Waals surface area contributed by atoms with Gasteiger partial charge >= 0.3 is 0 Å². The van der Waals surface area contributed by atoms with Crippen molar-refractivity contribution in [3.05, 3.63) is 29.6 Å². The summed E-state index contributed by atoms with van der Waals surface area (Å²) < 4.78 is 13.4. The van der Waals surface area contributed by atoms with E-state index in [0.717, 1.165) is 5.56 Å². The van der Waals surface area contributed by atoms with Gasteiger partial charge in [0.1, 0.15) is 5.82 Å². The van der Waals surface area contributed by atoms with Gasteiger partial charge in [-0.2, -0.15) is 5.26 Å². The number of nitrogens with zero attached hydrogens (tertiary/aromatic N) is 2. The topological polar surface area (TPSA) is 47.3 Å². The van der Waals surface area contributed by atoms with Gasteiger partial charge in [0.25, 0.3) is 0 Å². The van der Waals surface area contributed by atoms with Crippen molar-refractivity contribution in [2.75, 3.05) is 18.1 Å². The second kappa shape index (κ2) is 5.32. The summed E-state index contributed by atoms with van der Waals surface area (Å²) in [6.07, 6.45) is 2.35. The Morgan fingerprint density at radius 2 is 2.27 bits per heavy atom. The van der Waals surface area contributed by atoms with Crippen LogP contribution in [0.15, 0.2) is 18.2 Å². The molecule has 80 valence electrons. The second-order valence-corrected chi connectivity index (χ2v) is 3.28. The first kappa shape index (κ1) is 11.5. The normalized spacial score (nSPS) is 9.73. The molecule has 4 heteroatoms. The van der Waals surface area contributed by atoms with Crippen molar-refractivity contribution < 1.29 is 9.50 Å². The standard InChI is InChI=1S/C11H13FN2O/c1-9-3-4-10(12)11(7-9)14(8-13)5-2-6-15/h3-4,7,15H,2,5-6H2,1H3. The molecule has 0 saturated heterocycles. The highest BCUT2D eigenvalue weighted by molar-refractivity contribution is 5.53. The monoisotopic (exact) mass is 208 g/mol. The Kier molecular flexibility index (Phi) is 4.07. The van der Waals surface area contributed by atoms with Crippen LogP contribution in [0.4, 0.5) is 10.1 Å². The van der Waals surface area contributed by atoms with Crippen molar-refractivity contribution >= 4 is 5.69 Å². The number of hydrogen-bond acceptors (Lipinski definition) is 3. The molecular formula is C11H13FN2O. The highest BCUT2D eigenvalue weighted by Crippen LogP contribution is 2.20. The largest absolute Gasteiger partial charge is 0.396 e. The van der Waals surface area contributed by atoms with Gasteiger partial charge in [0.15, 0.2) is 6.19 Å². The predicted octanol–water partition coefficient (Wildman–Crippen LogP) is 1.80. The number of aryl methyl sites for hydroxylation is 1. The van der Waals surface area contributed by atoms with E-state index in [-0.39, 0.29) is 12.3 Å². The van der Waals surface area contributed by atoms with E-state index in [2.05, 4.69) is 0 Å². The third-order valence-corrected chi connectivity index (χ3v) is 2.05. The van der Waals surface area contributed by atoms with Gasteiger partial charge < -0.3 is 5.11 Å². The zero-order valence-electron chi connectivity index (χ0n) is 8.57. The Morgan fingerprint density at radius 1 is 1.53 bits per heavy atom. The van der Waals surface area contributed by atoms with Gasteiger partial charge in [-0.05, 0) is 31.0 Å². The Bertz CT molecular complexity index is 373. The number of anilines is 1. The van der Waals surface area contributed by atoms with Gasteiger partial charge in [0.05, 0.1) is 5.69 Å². The van der Waals surface area contributed by atoms with Gasteiger partial charge in [0.2, 0.25) is 0 Å². The molecule has 0 spiro atoms. The Labute approximate surface area is 88.4 Å². The van der Waals surface area contributed by atoms with Gasteiger partial charge in [-0.15, -0.1) is 0 Å². The van der Waals surface area contributed by atoms with E-state index >= 15 is 0 Å². The maximum Gasteiger partial charge on any atom is 0.184 e. The Morgan fingerprint density at radius 3 is 2.87 bits per heavy atom. The van der Waals surface area contributed by atoms with E-state index in [9.17, 15) is 4.39 Å². The average Bonchev–Trinajstić information content (AvgIpc) is 2.24. The lowest BCUT2D eigenvalue weighted by atomic mass is 10.2. The van der Waals surface area contributed by atoms with E-state index in [4.69, 9.17) is 10.4 Å². The van der Waals surface area contributed by atoms with Crippen LogP contribution in [0.3, 0.4) is 0 Å². The second-order valence-electron chi connectivity index (χ2n) is 3.28. The summed E-state index contributed by atoms with van der Waals surface area (Å²) in [6, 6.07) is 4.62. The molecule has 0 heterocycles. The molecule has 15 heavy (non-hydrogen) atoms. The van der Waals surface area contributed by atoms with Crippen molar-refractivity contribution in [2.24, 2.45) is 0 Å². The minimum absolute atomic E-state index is 0.00832. The van der Waals surface area contributed by atoms with Gasteiger partial charge in [0, 0.05) is 13.2 Å². The van der Waals surface area contributed by atoms with Gasteiger partial charge in [-0.3, -0.25) is 4.90 Å². The number of rotatable bonds is 4. The van der Waals surface area contributed by atoms with Crippen LogP contribution in [0, 0.1) is 24.2 Å². The fourth-order valence-electron chi connectivity index (χ4n) is 1.28. The maximum absolute atomic E-state index is 13.4. The van der Waals surface area contributed by atoms with Crippen molar-refractivity contribution in [3.8, 4) is 6.19 Å². The average molecular weight is 208 g/mol. The lowest BCUT2D eigenvalue weighted by Crippen LogP contribution is -2.20. The quantitative estimate of drug-likeness (QED) is 0.606. The van der Waals surface area contributed by atoms with E-state index < -0.39 is 5.82 Å². The molecule has 0 aromatic heterocycles. The molecule has 0 aliphatic heterocycles. The molecule has 0 aliphatic rings. The fraction of sp³-hybridized carbons (Fsp3) is 0.364. The molecule has 0 bridgehead atoms. The zero-order valence-corrected chi connectivity index (χ0v) is 8.57. The van der Waals surface area contributed by atoms with Gasteiger partial charge in [-0.25, -0.2) is 4.39 Å². The molecule has 0 amide bonds. The highest BCUT2D eigenvalue weighted by Gasteiger charge is 2.10. The third-order valence-electron chi connectivity index (χ3n) is 2.05. The molecule has 1 N–H and O–H groups in total.